The number of aliphatic hydroxyl groups excluding tert-OH is 1. The Bertz CT molecular complexity index is 1200. The van der Waals surface area contributed by atoms with E-state index in [0.717, 1.165) is 27.9 Å². The van der Waals surface area contributed by atoms with Gasteiger partial charge in [0.1, 0.15) is 0 Å². The summed E-state index contributed by atoms with van der Waals surface area (Å²) in [5.41, 5.74) is 3.60. The van der Waals surface area contributed by atoms with Crippen molar-refractivity contribution >= 4 is 10.9 Å². The van der Waals surface area contributed by atoms with E-state index in [0.29, 0.717) is 38.2 Å². The monoisotopic (exact) mass is 418 g/mol. The lowest BCUT2D eigenvalue weighted by molar-refractivity contribution is 0.206. The molecule has 0 fully saturated rings. The van der Waals surface area contributed by atoms with Crippen LogP contribution >= 0.6 is 0 Å². The number of hydrogen-bond acceptors (Lipinski definition) is 6. The fraction of sp³-hybridized carbons (Fsp3) is 0.304. The molecule has 0 aliphatic heterocycles. The van der Waals surface area contributed by atoms with Gasteiger partial charge in [0.05, 0.1) is 18.6 Å². The summed E-state index contributed by atoms with van der Waals surface area (Å²) in [4.78, 5) is 17.8. The van der Waals surface area contributed by atoms with E-state index in [1.165, 1.54) is 0 Å². The van der Waals surface area contributed by atoms with E-state index in [4.69, 9.17) is 0 Å². The van der Waals surface area contributed by atoms with Gasteiger partial charge in [-0.2, -0.15) is 0 Å². The maximum absolute atomic E-state index is 12.7. The number of tetrazole rings is 1. The zero-order chi connectivity index (χ0) is 21.6. The number of benzene rings is 2. The molecule has 2 aromatic heterocycles. The van der Waals surface area contributed by atoms with Crippen LogP contribution in [0.2, 0.25) is 0 Å². The minimum absolute atomic E-state index is 0.0821. The molecule has 0 spiro atoms. The van der Waals surface area contributed by atoms with E-state index < -0.39 is 0 Å². The fourth-order valence-corrected chi connectivity index (χ4v) is 3.71. The predicted octanol–water partition coefficient (Wildman–Crippen LogP) is 2.26. The van der Waals surface area contributed by atoms with Gasteiger partial charge in [-0.05, 0) is 46.4 Å². The van der Waals surface area contributed by atoms with Crippen LogP contribution in [0.15, 0.2) is 59.4 Å². The second-order valence-corrected chi connectivity index (χ2v) is 7.69. The first-order valence-corrected chi connectivity index (χ1v) is 10.4. The summed E-state index contributed by atoms with van der Waals surface area (Å²) in [7, 11) is 0. The number of pyridine rings is 1. The minimum atomic E-state index is -0.0975. The summed E-state index contributed by atoms with van der Waals surface area (Å²) in [5, 5.41) is 22.5. The first-order chi connectivity index (χ1) is 15.1. The molecule has 2 N–H and O–H groups in total. The smallest absolute Gasteiger partial charge is 0.252 e. The molecule has 8 heteroatoms. The number of para-hydroxylation sites is 1. The highest BCUT2D eigenvalue weighted by Crippen LogP contribution is 2.16. The number of nitrogens with zero attached hydrogens (tertiary/aromatic N) is 5. The molecule has 0 bridgehead atoms. The summed E-state index contributed by atoms with van der Waals surface area (Å²) in [6, 6.07) is 17.9. The maximum atomic E-state index is 12.7. The van der Waals surface area contributed by atoms with Crippen molar-refractivity contribution in [3.8, 4) is 0 Å². The largest absolute Gasteiger partial charge is 0.396 e. The molecule has 4 aromatic rings. The third kappa shape index (κ3) is 5.04. The predicted molar refractivity (Wildman–Crippen MR) is 118 cm³/mol. The van der Waals surface area contributed by atoms with Crippen LogP contribution in [0, 0.1) is 6.92 Å². The van der Waals surface area contributed by atoms with Crippen molar-refractivity contribution in [3.05, 3.63) is 87.5 Å². The van der Waals surface area contributed by atoms with Gasteiger partial charge in [0.25, 0.3) is 5.56 Å². The van der Waals surface area contributed by atoms with Gasteiger partial charge in [-0.25, -0.2) is 4.68 Å². The van der Waals surface area contributed by atoms with Gasteiger partial charge in [0, 0.05) is 25.3 Å². The van der Waals surface area contributed by atoms with E-state index in [9.17, 15) is 9.90 Å². The number of aliphatic hydroxyl groups is 1. The zero-order valence-electron chi connectivity index (χ0n) is 17.5. The topological polar surface area (TPSA) is 99.9 Å². The second kappa shape index (κ2) is 9.63. The summed E-state index contributed by atoms with van der Waals surface area (Å²) < 4.78 is 1.77. The van der Waals surface area contributed by atoms with Crippen LogP contribution in [-0.4, -0.2) is 48.3 Å². The molecule has 0 amide bonds. The van der Waals surface area contributed by atoms with Crippen molar-refractivity contribution in [3.63, 3.8) is 0 Å². The van der Waals surface area contributed by atoms with Crippen LogP contribution < -0.4 is 5.56 Å². The molecule has 2 heterocycles. The van der Waals surface area contributed by atoms with Crippen molar-refractivity contribution in [1.82, 2.24) is 30.1 Å². The van der Waals surface area contributed by atoms with Crippen LogP contribution in [0.4, 0.5) is 0 Å². The summed E-state index contributed by atoms with van der Waals surface area (Å²) in [5.74, 6) is 0.717. The summed E-state index contributed by atoms with van der Waals surface area (Å²) in [6.45, 7) is 4.19. The van der Waals surface area contributed by atoms with Gasteiger partial charge < -0.3 is 10.1 Å². The lowest BCUT2D eigenvalue weighted by atomic mass is 10.1. The molecule has 0 atom stereocenters. The average Bonchev–Trinajstić information content (AvgIpc) is 3.20. The van der Waals surface area contributed by atoms with E-state index in [1.807, 2.05) is 61.5 Å². The number of nitrogens with one attached hydrogen (secondary N) is 1. The number of fused-ring (bicyclic) bond motifs is 1. The number of hydrogen-bond donors (Lipinski definition) is 2. The fourth-order valence-electron chi connectivity index (χ4n) is 3.71. The normalized spacial score (nSPS) is 11.5. The Balaban J connectivity index is 1.57. The Kier molecular flexibility index (Phi) is 6.49. The number of H-pyrrole nitrogens is 1. The number of rotatable bonds is 9. The molecule has 8 nitrogen and oxygen atoms in total. The lowest BCUT2D eigenvalue weighted by Crippen LogP contribution is -2.29. The minimum Gasteiger partial charge on any atom is -0.396 e. The van der Waals surface area contributed by atoms with Gasteiger partial charge >= 0.3 is 0 Å². The van der Waals surface area contributed by atoms with Crippen LogP contribution in [0.5, 0.6) is 0 Å². The zero-order valence-corrected chi connectivity index (χ0v) is 17.5. The van der Waals surface area contributed by atoms with Crippen molar-refractivity contribution in [1.29, 1.82) is 0 Å². The van der Waals surface area contributed by atoms with E-state index in [-0.39, 0.29) is 12.2 Å². The van der Waals surface area contributed by atoms with Gasteiger partial charge in [-0.3, -0.25) is 9.69 Å². The highest BCUT2D eigenvalue weighted by atomic mass is 16.3. The maximum Gasteiger partial charge on any atom is 0.252 e. The Labute approximate surface area is 180 Å². The Morgan fingerprint density at radius 2 is 1.94 bits per heavy atom. The average molecular weight is 419 g/mol. The molecule has 0 saturated heterocycles. The van der Waals surface area contributed by atoms with Gasteiger partial charge in [-0.1, -0.05) is 48.5 Å². The van der Waals surface area contributed by atoms with Crippen LogP contribution in [0.1, 0.15) is 28.9 Å². The van der Waals surface area contributed by atoms with Gasteiger partial charge in [-0.15, -0.1) is 5.10 Å². The van der Waals surface area contributed by atoms with Crippen molar-refractivity contribution in [2.45, 2.75) is 33.0 Å². The second-order valence-electron chi connectivity index (χ2n) is 7.69. The highest BCUT2D eigenvalue weighted by Gasteiger charge is 2.15. The number of aromatic nitrogens is 5. The van der Waals surface area contributed by atoms with Gasteiger partial charge in [0.2, 0.25) is 0 Å². The van der Waals surface area contributed by atoms with Gasteiger partial charge in [0.15, 0.2) is 5.82 Å². The molecule has 0 unspecified atom stereocenters. The number of aromatic amines is 1. The molecule has 31 heavy (non-hydrogen) atoms. The van der Waals surface area contributed by atoms with Crippen LogP contribution in [0.25, 0.3) is 10.9 Å². The molecule has 0 aliphatic carbocycles. The Hall–Kier alpha value is -3.36. The van der Waals surface area contributed by atoms with E-state index in [2.05, 4.69) is 25.4 Å². The molecular formula is C23H26N6O2. The van der Waals surface area contributed by atoms with Crippen LogP contribution in [-0.2, 0) is 19.6 Å². The molecule has 0 aliphatic rings. The number of aryl methyl sites for hydroxylation is 1. The molecule has 4 rings (SSSR count). The molecular weight excluding hydrogens is 392 g/mol. The molecule has 0 radical (unpaired) electrons. The summed E-state index contributed by atoms with van der Waals surface area (Å²) >= 11 is 0. The quantitative estimate of drug-likeness (QED) is 0.433. The third-order valence-corrected chi connectivity index (χ3v) is 5.34. The van der Waals surface area contributed by atoms with Crippen LogP contribution in [0.3, 0.4) is 0 Å². The van der Waals surface area contributed by atoms with Crippen molar-refractivity contribution in [2.24, 2.45) is 0 Å². The van der Waals surface area contributed by atoms with E-state index in [1.54, 1.807) is 4.68 Å². The molecule has 0 saturated carbocycles. The Morgan fingerprint density at radius 1 is 1.10 bits per heavy atom. The Morgan fingerprint density at radius 3 is 2.74 bits per heavy atom. The standard InChI is InChI=1S/C23H26N6O2/c1-17-7-5-10-19-13-20(23(31)24-22(17)19)15-28(11-6-12-30)16-21-25-26-27-29(21)14-18-8-3-2-4-9-18/h2-5,7-10,13,30H,6,11-12,14-16H2,1H3,(H,24,31). The first kappa shape index (κ1) is 20.9. The third-order valence-electron chi connectivity index (χ3n) is 5.34. The molecule has 2 aromatic carbocycles. The van der Waals surface area contributed by atoms with Crippen molar-refractivity contribution in [2.75, 3.05) is 13.2 Å². The first-order valence-electron chi connectivity index (χ1n) is 10.4. The van der Waals surface area contributed by atoms with Crippen molar-refractivity contribution < 1.29 is 5.11 Å². The SMILES string of the molecule is Cc1cccc2cc(CN(CCCO)Cc3nnnn3Cc3ccccc3)c(=O)[nH]c12. The molecule has 160 valence electrons. The summed E-state index contributed by atoms with van der Waals surface area (Å²) in [6.07, 6.45) is 0.602. The lowest BCUT2D eigenvalue weighted by Gasteiger charge is -2.21. The van der Waals surface area contributed by atoms with E-state index >= 15 is 0 Å². The highest BCUT2D eigenvalue weighted by molar-refractivity contribution is 5.81.